The van der Waals surface area contributed by atoms with Crippen LogP contribution in [0.5, 0.6) is 0 Å². The van der Waals surface area contributed by atoms with Gasteiger partial charge < -0.3 is 14.8 Å². The number of hydrogen-bond acceptors (Lipinski definition) is 2. The summed E-state index contributed by atoms with van der Waals surface area (Å²) in [5, 5.41) is 3.36. The molecule has 1 N–H and O–H groups in total. The molecule has 1 aromatic heterocycles. The average Bonchev–Trinajstić information content (AvgIpc) is 2.96. The first-order valence-corrected chi connectivity index (χ1v) is 8.24. The van der Waals surface area contributed by atoms with E-state index >= 15 is 0 Å². The quantitative estimate of drug-likeness (QED) is 0.299. The van der Waals surface area contributed by atoms with Gasteiger partial charge in [0.25, 0.3) is 0 Å². The molecule has 2 rings (SSSR count). The van der Waals surface area contributed by atoms with E-state index in [2.05, 4.69) is 19.9 Å². The lowest BCUT2D eigenvalue weighted by Gasteiger charge is -2.22. The first-order chi connectivity index (χ1) is 11.6. The van der Waals surface area contributed by atoms with Gasteiger partial charge in [-0.05, 0) is 37.5 Å². The second-order valence-corrected chi connectivity index (χ2v) is 5.83. The van der Waals surface area contributed by atoms with Crippen LogP contribution in [0.4, 0.5) is 4.39 Å². The zero-order valence-electron chi connectivity index (χ0n) is 15.1. The number of aliphatic imine (C=N–C) groups is 1. The second-order valence-electron chi connectivity index (χ2n) is 5.83. The Hall–Kier alpha value is -1.64. The van der Waals surface area contributed by atoms with Gasteiger partial charge in [-0.15, -0.1) is 24.0 Å². The van der Waals surface area contributed by atoms with Crippen LogP contribution in [0.3, 0.4) is 0 Å². The Balaban J connectivity index is 0.00000312. The molecule has 0 bridgehead atoms. The number of imidazole rings is 1. The molecule has 0 aliphatic heterocycles. The third-order valence-electron chi connectivity index (χ3n) is 3.91. The minimum Gasteiger partial charge on any atom is -0.356 e. The Morgan fingerprint density at radius 2 is 2.16 bits per heavy atom. The average molecular weight is 459 g/mol. The summed E-state index contributed by atoms with van der Waals surface area (Å²) in [6.07, 6.45) is 5.96. The molecule has 0 radical (unpaired) electrons. The molecule has 0 aliphatic carbocycles. The molecule has 0 aliphatic rings. The van der Waals surface area contributed by atoms with Crippen molar-refractivity contribution < 1.29 is 4.39 Å². The van der Waals surface area contributed by atoms with Crippen molar-refractivity contribution in [2.24, 2.45) is 4.99 Å². The third-order valence-corrected chi connectivity index (χ3v) is 3.91. The van der Waals surface area contributed by atoms with Crippen molar-refractivity contribution in [1.29, 1.82) is 0 Å². The van der Waals surface area contributed by atoms with Gasteiger partial charge in [0.1, 0.15) is 11.6 Å². The number of halogens is 2. The summed E-state index contributed by atoms with van der Waals surface area (Å²) in [6.45, 7) is 4.46. The minimum atomic E-state index is -0.210. The SMILES string of the molecule is CN=C(NCCCCn1ccnc1C)N(C)Cc1cccc(F)c1.I. The summed E-state index contributed by atoms with van der Waals surface area (Å²) in [5.74, 6) is 1.66. The van der Waals surface area contributed by atoms with Crippen LogP contribution in [0.25, 0.3) is 0 Å². The molecule has 0 unspecified atom stereocenters. The summed E-state index contributed by atoms with van der Waals surface area (Å²) in [4.78, 5) is 10.5. The monoisotopic (exact) mass is 459 g/mol. The Labute approximate surface area is 166 Å². The maximum atomic E-state index is 13.3. The molecule has 0 fully saturated rings. The molecule has 0 saturated heterocycles. The first kappa shape index (κ1) is 21.4. The molecular formula is C18H27FIN5. The van der Waals surface area contributed by atoms with E-state index < -0.39 is 0 Å². The van der Waals surface area contributed by atoms with Gasteiger partial charge in [-0.2, -0.15) is 0 Å². The summed E-state index contributed by atoms with van der Waals surface area (Å²) in [7, 11) is 3.72. The van der Waals surface area contributed by atoms with Gasteiger partial charge in [-0.25, -0.2) is 9.37 Å². The van der Waals surface area contributed by atoms with Gasteiger partial charge in [0, 0.05) is 46.1 Å². The standard InChI is InChI=1S/C18H26FN5.HI/c1-15-21-10-12-24(15)11-5-4-9-22-18(20-2)23(3)14-16-7-6-8-17(19)13-16;/h6-8,10,12-13H,4-5,9,11,14H2,1-3H3,(H,20,22);1H. The first-order valence-electron chi connectivity index (χ1n) is 8.24. The fourth-order valence-corrected chi connectivity index (χ4v) is 2.62. The Bertz CT molecular complexity index is 671. The van der Waals surface area contributed by atoms with Gasteiger partial charge in [-0.1, -0.05) is 12.1 Å². The fraction of sp³-hybridized carbons (Fsp3) is 0.444. The molecule has 5 nitrogen and oxygen atoms in total. The van der Waals surface area contributed by atoms with E-state index in [1.54, 1.807) is 19.2 Å². The maximum Gasteiger partial charge on any atom is 0.193 e. The normalized spacial score (nSPS) is 11.1. The lowest BCUT2D eigenvalue weighted by molar-refractivity contribution is 0.471. The number of nitrogens with one attached hydrogen (secondary N) is 1. The van der Waals surface area contributed by atoms with Crippen molar-refractivity contribution in [1.82, 2.24) is 19.8 Å². The zero-order valence-corrected chi connectivity index (χ0v) is 17.4. The van der Waals surface area contributed by atoms with Crippen molar-refractivity contribution in [3.63, 3.8) is 0 Å². The number of aryl methyl sites for hydroxylation is 2. The van der Waals surface area contributed by atoms with Crippen LogP contribution < -0.4 is 5.32 Å². The Kier molecular flexibility index (Phi) is 9.48. The van der Waals surface area contributed by atoms with Gasteiger partial charge in [0.15, 0.2) is 5.96 Å². The summed E-state index contributed by atoms with van der Waals surface area (Å²) in [5.41, 5.74) is 0.927. The van der Waals surface area contributed by atoms with Crippen LogP contribution in [0.1, 0.15) is 24.2 Å². The van der Waals surface area contributed by atoms with Crippen LogP contribution in [0.15, 0.2) is 41.7 Å². The molecule has 1 heterocycles. The van der Waals surface area contributed by atoms with Crippen LogP contribution in [0.2, 0.25) is 0 Å². The fourth-order valence-electron chi connectivity index (χ4n) is 2.62. The van der Waals surface area contributed by atoms with E-state index in [9.17, 15) is 4.39 Å². The van der Waals surface area contributed by atoms with Crippen molar-refractivity contribution >= 4 is 29.9 Å². The number of aromatic nitrogens is 2. The van der Waals surface area contributed by atoms with Gasteiger partial charge in [0.2, 0.25) is 0 Å². The highest BCUT2D eigenvalue weighted by atomic mass is 127. The number of benzene rings is 1. The molecular weight excluding hydrogens is 432 g/mol. The van der Waals surface area contributed by atoms with E-state index in [0.717, 1.165) is 43.3 Å². The van der Waals surface area contributed by atoms with E-state index in [0.29, 0.717) is 6.54 Å². The molecule has 138 valence electrons. The molecule has 1 aromatic carbocycles. The highest BCUT2D eigenvalue weighted by molar-refractivity contribution is 14.0. The number of hydrogen-bond donors (Lipinski definition) is 1. The van der Waals surface area contributed by atoms with Crippen LogP contribution in [0, 0.1) is 12.7 Å². The van der Waals surface area contributed by atoms with Gasteiger partial charge in [0.05, 0.1) is 0 Å². The molecule has 0 atom stereocenters. The lowest BCUT2D eigenvalue weighted by atomic mass is 10.2. The van der Waals surface area contributed by atoms with Gasteiger partial charge in [-0.3, -0.25) is 4.99 Å². The third kappa shape index (κ3) is 7.01. The zero-order chi connectivity index (χ0) is 17.4. The van der Waals surface area contributed by atoms with E-state index in [-0.39, 0.29) is 29.8 Å². The lowest BCUT2D eigenvalue weighted by Crippen LogP contribution is -2.38. The van der Waals surface area contributed by atoms with E-state index in [1.807, 2.05) is 37.3 Å². The number of rotatable bonds is 7. The van der Waals surface area contributed by atoms with Crippen molar-refractivity contribution in [2.75, 3.05) is 20.6 Å². The highest BCUT2D eigenvalue weighted by Crippen LogP contribution is 2.06. The van der Waals surface area contributed by atoms with Crippen molar-refractivity contribution in [2.45, 2.75) is 32.9 Å². The Morgan fingerprint density at radius 1 is 1.36 bits per heavy atom. The minimum absolute atomic E-state index is 0. The second kappa shape index (κ2) is 11.1. The number of nitrogens with zero attached hydrogens (tertiary/aromatic N) is 4. The summed E-state index contributed by atoms with van der Waals surface area (Å²) >= 11 is 0. The highest BCUT2D eigenvalue weighted by Gasteiger charge is 2.06. The smallest absolute Gasteiger partial charge is 0.193 e. The molecule has 2 aromatic rings. The van der Waals surface area contributed by atoms with E-state index in [4.69, 9.17) is 0 Å². The topological polar surface area (TPSA) is 45.5 Å². The van der Waals surface area contributed by atoms with Crippen molar-refractivity contribution in [3.05, 3.63) is 53.9 Å². The predicted molar refractivity (Wildman–Crippen MR) is 111 cm³/mol. The van der Waals surface area contributed by atoms with Crippen LogP contribution >= 0.6 is 24.0 Å². The largest absolute Gasteiger partial charge is 0.356 e. The molecule has 0 spiro atoms. The molecule has 7 heteroatoms. The maximum absolute atomic E-state index is 13.3. The Morgan fingerprint density at radius 3 is 2.80 bits per heavy atom. The molecule has 25 heavy (non-hydrogen) atoms. The van der Waals surface area contributed by atoms with Crippen LogP contribution in [-0.4, -0.2) is 41.1 Å². The van der Waals surface area contributed by atoms with Crippen LogP contribution in [-0.2, 0) is 13.1 Å². The summed E-state index contributed by atoms with van der Waals surface area (Å²) < 4.78 is 15.4. The van der Waals surface area contributed by atoms with Crippen molar-refractivity contribution in [3.8, 4) is 0 Å². The van der Waals surface area contributed by atoms with E-state index in [1.165, 1.54) is 6.07 Å². The molecule has 0 amide bonds. The summed E-state index contributed by atoms with van der Waals surface area (Å²) in [6, 6.07) is 6.66. The number of guanidine groups is 1. The van der Waals surface area contributed by atoms with Gasteiger partial charge >= 0.3 is 0 Å². The molecule has 0 saturated carbocycles. The predicted octanol–water partition coefficient (Wildman–Crippen LogP) is 3.44. The number of unbranched alkanes of at least 4 members (excludes halogenated alkanes) is 1.